The number of aromatic nitrogens is 4. The van der Waals surface area contributed by atoms with Crippen LogP contribution in [0.1, 0.15) is 33.1 Å². The summed E-state index contributed by atoms with van der Waals surface area (Å²) >= 11 is 0. The van der Waals surface area contributed by atoms with E-state index in [1.54, 1.807) is 22.4 Å². The van der Waals surface area contributed by atoms with Crippen molar-refractivity contribution in [3.05, 3.63) is 22.9 Å². The zero-order valence-electron chi connectivity index (χ0n) is 12.4. The summed E-state index contributed by atoms with van der Waals surface area (Å²) in [5, 5.41) is 4.14. The molecule has 21 heavy (non-hydrogen) atoms. The number of nitrogens with zero attached hydrogens (tertiary/aromatic N) is 4. The van der Waals surface area contributed by atoms with Gasteiger partial charge in [-0.15, -0.1) is 0 Å². The van der Waals surface area contributed by atoms with Crippen molar-refractivity contribution in [3.63, 3.8) is 0 Å². The van der Waals surface area contributed by atoms with Gasteiger partial charge in [-0.25, -0.2) is 4.98 Å². The number of esters is 1. The van der Waals surface area contributed by atoms with Crippen LogP contribution in [-0.2, 0) is 22.6 Å². The summed E-state index contributed by atoms with van der Waals surface area (Å²) in [6, 6.07) is 0. The molecule has 7 nitrogen and oxygen atoms in total. The van der Waals surface area contributed by atoms with Crippen molar-refractivity contribution in [1.29, 1.82) is 0 Å². The van der Waals surface area contributed by atoms with Gasteiger partial charge in [-0.1, -0.05) is 0 Å². The highest BCUT2D eigenvalue weighted by molar-refractivity contribution is 5.72. The third-order valence-corrected chi connectivity index (χ3v) is 3.25. The molecule has 0 aliphatic rings. The minimum Gasteiger partial charge on any atom is -0.466 e. The maximum Gasteiger partial charge on any atom is 0.305 e. The smallest absolute Gasteiger partial charge is 0.305 e. The van der Waals surface area contributed by atoms with E-state index in [9.17, 15) is 9.59 Å². The van der Waals surface area contributed by atoms with Gasteiger partial charge in [0.1, 0.15) is 5.52 Å². The van der Waals surface area contributed by atoms with Gasteiger partial charge in [-0.3, -0.25) is 18.8 Å². The summed E-state index contributed by atoms with van der Waals surface area (Å²) in [5.41, 5.74) is 1.06. The fourth-order valence-electron chi connectivity index (χ4n) is 2.19. The topological polar surface area (TPSA) is 79.0 Å². The van der Waals surface area contributed by atoms with Crippen LogP contribution in [-0.4, -0.2) is 31.9 Å². The molecule has 2 aromatic heterocycles. The van der Waals surface area contributed by atoms with Crippen molar-refractivity contribution < 1.29 is 9.53 Å². The summed E-state index contributed by atoms with van der Waals surface area (Å²) < 4.78 is 8.09. The van der Waals surface area contributed by atoms with Crippen molar-refractivity contribution in [2.24, 2.45) is 0 Å². The SMILES string of the molecule is CCOC(=O)CCCCn1cnc2cnn(CC)c2c1=O. The van der Waals surface area contributed by atoms with E-state index in [1.807, 2.05) is 6.92 Å². The van der Waals surface area contributed by atoms with Crippen LogP contribution >= 0.6 is 0 Å². The van der Waals surface area contributed by atoms with E-state index < -0.39 is 0 Å². The molecule has 0 radical (unpaired) electrons. The van der Waals surface area contributed by atoms with E-state index in [0.29, 0.717) is 43.6 Å². The van der Waals surface area contributed by atoms with Gasteiger partial charge >= 0.3 is 5.97 Å². The number of aryl methyl sites for hydroxylation is 2. The number of hydrogen-bond donors (Lipinski definition) is 0. The summed E-state index contributed by atoms with van der Waals surface area (Å²) in [7, 11) is 0. The number of hydrogen-bond acceptors (Lipinski definition) is 5. The Hall–Kier alpha value is -2.18. The maximum atomic E-state index is 12.4. The monoisotopic (exact) mass is 292 g/mol. The zero-order chi connectivity index (χ0) is 15.2. The molecule has 114 valence electrons. The van der Waals surface area contributed by atoms with Crippen molar-refractivity contribution >= 4 is 17.0 Å². The molecule has 0 N–H and O–H groups in total. The molecule has 0 atom stereocenters. The Kier molecular flexibility index (Phi) is 5.08. The van der Waals surface area contributed by atoms with E-state index in [-0.39, 0.29) is 11.5 Å². The highest BCUT2D eigenvalue weighted by Gasteiger charge is 2.09. The molecule has 7 heteroatoms. The Morgan fingerprint density at radius 3 is 2.86 bits per heavy atom. The Labute approximate surface area is 122 Å². The first-order valence-electron chi connectivity index (χ1n) is 7.24. The fraction of sp³-hybridized carbons (Fsp3) is 0.571. The zero-order valence-corrected chi connectivity index (χ0v) is 12.4. The first-order valence-corrected chi connectivity index (χ1v) is 7.24. The van der Waals surface area contributed by atoms with Crippen LogP contribution in [0.25, 0.3) is 11.0 Å². The number of carbonyl (C=O) groups is 1. The van der Waals surface area contributed by atoms with Gasteiger partial charge in [-0.05, 0) is 26.7 Å². The van der Waals surface area contributed by atoms with E-state index in [2.05, 4.69) is 10.1 Å². The lowest BCUT2D eigenvalue weighted by molar-refractivity contribution is -0.143. The number of rotatable bonds is 7. The molecule has 2 heterocycles. The first-order chi connectivity index (χ1) is 10.2. The van der Waals surface area contributed by atoms with Gasteiger partial charge in [0.05, 0.1) is 19.1 Å². The van der Waals surface area contributed by atoms with Gasteiger partial charge in [-0.2, -0.15) is 5.10 Å². The Bertz CT molecular complexity index is 674. The standard InChI is InChI=1S/C14H20N4O3/c1-3-18-13-11(9-16-18)15-10-17(14(13)20)8-6-5-7-12(19)21-4-2/h9-10H,3-8H2,1-2H3. The predicted molar refractivity (Wildman–Crippen MR) is 77.9 cm³/mol. The molecule has 0 bridgehead atoms. The molecule has 0 spiro atoms. The molecular formula is C14H20N4O3. The van der Waals surface area contributed by atoms with Crippen LogP contribution in [0.15, 0.2) is 17.3 Å². The maximum absolute atomic E-state index is 12.4. The van der Waals surface area contributed by atoms with Gasteiger partial charge in [0, 0.05) is 19.5 Å². The molecule has 0 unspecified atom stereocenters. The third kappa shape index (κ3) is 3.48. The molecule has 0 saturated heterocycles. The lowest BCUT2D eigenvalue weighted by atomic mass is 10.2. The Morgan fingerprint density at radius 1 is 1.33 bits per heavy atom. The molecule has 2 rings (SSSR count). The van der Waals surface area contributed by atoms with Crippen molar-refractivity contribution in [1.82, 2.24) is 19.3 Å². The summed E-state index contributed by atoms with van der Waals surface area (Å²) in [5.74, 6) is -0.192. The van der Waals surface area contributed by atoms with E-state index in [1.165, 1.54) is 6.33 Å². The molecule has 0 saturated carbocycles. The largest absolute Gasteiger partial charge is 0.466 e. The van der Waals surface area contributed by atoms with Crippen molar-refractivity contribution in [3.8, 4) is 0 Å². The lowest BCUT2D eigenvalue weighted by Gasteiger charge is -2.06. The number of ether oxygens (including phenoxy) is 1. The average Bonchev–Trinajstić information content (AvgIpc) is 2.89. The molecule has 0 aliphatic carbocycles. The average molecular weight is 292 g/mol. The summed E-state index contributed by atoms with van der Waals surface area (Å²) in [6.07, 6.45) is 4.94. The normalized spacial score (nSPS) is 11.0. The van der Waals surface area contributed by atoms with Crippen LogP contribution in [0, 0.1) is 0 Å². The summed E-state index contributed by atoms with van der Waals surface area (Å²) in [4.78, 5) is 27.8. The van der Waals surface area contributed by atoms with Crippen molar-refractivity contribution in [2.75, 3.05) is 6.61 Å². The third-order valence-electron chi connectivity index (χ3n) is 3.25. The van der Waals surface area contributed by atoms with Crippen LogP contribution < -0.4 is 5.56 Å². The Balaban J connectivity index is 2.01. The van der Waals surface area contributed by atoms with E-state index in [4.69, 9.17) is 4.74 Å². The first kappa shape index (κ1) is 15.2. The molecule has 0 fully saturated rings. The van der Waals surface area contributed by atoms with Crippen LogP contribution in [0.2, 0.25) is 0 Å². The molecular weight excluding hydrogens is 272 g/mol. The van der Waals surface area contributed by atoms with Crippen molar-refractivity contribution in [2.45, 2.75) is 46.2 Å². The highest BCUT2D eigenvalue weighted by atomic mass is 16.5. The van der Waals surface area contributed by atoms with E-state index in [0.717, 1.165) is 6.42 Å². The predicted octanol–water partition coefficient (Wildman–Crippen LogP) is 1.35. The number of unbranched alkanes of at least 4 members (excludes halogenated alkanes) is 1. The summed E-state index contributed by atoms with van der Waals surface area (Å²) in [6.45, 7) is 5.29. The molecule has 0 aliphatic heterocycles. The molecule has 0 amide bonds. The molecule has 2 aromatic rings. The second kappa shape index (κ2) is 7.01. The van der Waals surface area contributed by atoms with Gasteiger partial charge in [0.25, 0.3) is 5.56 Å². The highest BCUT2D eigenvalue weighted by Crippen LogP contribution is 2.06. The minimum atomic E-state index is -0.192. The van der Waals surface area contributed by atoms with Crippen LogP contribution in [0.3, 0.4) is 0 Å². The minimum absolute atomic E-state index is 0.0875. The Morgan fingerprint density at radius 2 is 2.14 bits per heavy atom. The second-order valence-corrected chi connectivity index (χ2v) is 4.70. The fourth-order valence-corrected chi connectivity index (χ4v) is 2.19. The van der Waals surface area contributed by atoms with Crippen LogP contribution in [0.4, 0.5) is 0 Å². The quantitative estimate of drug-likeness (QED) is 0.568. The van der Waals surface area contributed by atoms with Gasteiger partial charge < -0.3 is 4.74 Å². The second-order valence-electron chi connectivity index (χ2n) is 4.70. The van der Waals surface area contributed by atoms with Crippen LogP contribution in [0.5, 0.6) is 0 Å². The number of carbonyl (C=O) groups excluding carboxylic acids is 1. The van der Waals surface area contributed by atoms with Gasteiger partial charge in [0.15, 0.2) is 5.52 Å². The number of fused-ring (bicyclic) bond motifs is 1. The lowest BCUT2D eigenvalue weighted by Crippen LogP contribution is -2.22. The van der Waals surface area contributed by atoms with E-state index >= 15 is 0 Å². The molecule has 0 aromatic carbocycles. The van der Waals surface area contributed by atoms with Gasteiger partial charge in [0.2, 0.25) is 0 Å².